The average Bonchev–Trinajstić information content (AvgIpc) is 2.66. The summed E-state index contributed by atoms with van der Waals surface area (Å²) >= 11 is 3.28. The molecule has 2 N–H and O–H groups in total. The Hall–Kier alpha value is -2.02. The normalized spacial score (nSPS) is 11.1. The first-order valence-corrected chi connectivity index (χ1v) is 6.11. The Labute approximate surface area is 115 Å². The van der Waals surface area contributed by atoms with Crippen molar-refractivity contribution in [1.82, 2.24) is 14.8 Å². The number of aromatic nitrogens is 3. The molecule has 2 heterocycles. The lowest BCUT2D eigenvalue weighted by molar-refractivity contribution is 0.575. The van der Waals surface area contributed by atoms with E-state index >= 15 is 0 Å². The second-order valence-electron chi connectivity index (χ2n) is 3.92. The molecule has 0 atom stereocenters. The molecule has 3 rings (SSSR count). The standard InChI is InChI=1S/C12H7BrF2N4/c13-6-3-8-11(16)18-19(12(8)17-5-6)10-2-1-7(14)4-9(10)15/h1-5H,(H2,16,18). The summed E-state index contributed by atoms with van der Waals surface area (Å²) in [6, 6.07) is 4.97. The lowest BCUT2D eigenvalue weighted by Crippen LogP contribution is -2.01. The second-order valence-corrected chi connectivity index (χ2v) is 4.83. The van der Waals surface area contributed by atoms with Crippen LogP contribution in [0, 0.1) is 11.6 Å². The number of fused-ring (bicyclic) bond motifs is 1. The molecule has 3 aromatic rings. The van der Waals surface area contributed by atoms with Crippen molar-refractivity contribution in [3.05, 3.63) is 46.6 Å². The molecule has 0 radical (unpaired) electrons. The fourth-order valence-electron chi connectivity index (χ4n) is 1.82. The van der Waals surface area contributed by atoms with E-state index in [9.17, 15) is 8.78 Å². The summed E-state index contributed by atoms with van der Waals surface area (Å²) in [4.78, 5) is 4.15. The van der Waals surface area contributed by atoms with E-state index in [0.29, 0.717) is 11.0 Å². The van der Waals surface area contributed by atoms with Crippen LogP contribution in [-0.4, -0.2) is 14.8 Å². The van der Waals surface area contributed by atoms with Gasteiger partial charge in [0.2, 0.25) is 0 Å². The minimum Gasteiger partial charge on any atom is -0.382 e. The van der Waals surface area contributed by atoms with Gasteiger partial charge >= 0.3 is 0 Å². The number of halogens is 3. The van der Waals surface area contributed by atoms with Gasteiger partial charge in [-0.25, -0.2) is 18.4 Å². The zero-order chi connectivity index (χ0) is 13.6. The van der Waals surface area contributed by atoms with Crippen LogP contribution >= 0.6 is 15.9 Å². The molecule has 96 valence electrons. The largest absolute Gasteiger partial charge is 0.382 e. The Bertz CT molecular complexity index is 785. The summed E-state index contributed by atoms with van der Waals surface area (Å²) in [5.41, 5.74) is 6.28. The molecule has 0 spiro atoms. The van der Waals surface area contributed by atoms with Crippen molar-refractivity contribution in [2.45, 2.75) is 0 Å². The molecule has 1 aromatic carbocycles. The summed E-state index contributed by atoms with van der Waals surface area (Å²) in [5, 5.41) is 4.64. The molecule has 0 saturated carbocycles. The van der Waals surface area contributed by atoms with Gasteiger partial charge in [-0.2, -0.15) is 0 Å². The molecule has 7 heteroatoms. The van der Waals surface area contributed by atoms with Gasteiger partial charge in [0.1, 0.15) is 11.5 Å². The first-order valence-electron chi connectivity index (χ1n) is 5.31. The van der Waals surface area contributed by atoms with Gasteiger partial charge in [-0.05, 0) is 34.1 Å². The van der Waals surface area contributed by atoms with Gasteiger partial charge in [0.25, 0.3) is 0 Å². The lowest BCUT2D eigenvalue weighted by Gasteiger charge is -2.04. The third kappa shape index (κ3) is 1.95. The molecular weight excluding hydrogens is 318 g/mol. The van der Waals surface area contributed by atoms with Crippen LogP contribution in [0.4, 0.5) is 14.6 Å². The fraction of sp³-hybridized carbons (Fsp3) is 0. The molecule has 19 heavy (non-hydrogen) atoms. The van der Waals surface area contributed by atoms with Crippen molar-refractivity contribution >= 4 is 32.8 Å². The highest BCUT2D eigenvalue weighted by Crippen LogP contribution is 2.26. The summed E-state index contributed by atoms with van der Waals surface area (Å²) in [6.45, 7) is 0. The Morgan fingerprint density at radius 2 is 2.00 bits per heavy atom. The quantitative estimate of drug-likeness (QED) is 0.748. The maximum atomic E-state index is 13.8. The van der Waals surface area contributed by atoms with Crippen molar-refractivity contribution < 1.29 is 8.78 Å². The first kappa shape index (κ1) is 12.0. The smallest absolute Gasteiger partial charge is 0.165 e. The highest BCUT2D eigenvalue weighted by Gasteiger charge is 2.14. The SMILES string of the molecule is Nc1nn(-c2ccc(F)cc2F)c2ncc(Br)cc12. The highest BCUT2D eigenvalue weighted by atomic mass is 79.9. The molecule has 0 amide bonds. The van der Waals surface area contributed by atoms with E-state index in [-0.39, 0.29) is 11.5 Å². The van der Waals surface area contributed by atoms with Gasteiger partial charge in [0, 0.05) is 16.7 Å². The van der Waals surface area contributed by atoms with E-state index in [0.717, 1.165) is 16.6 Å². The minimum atomic E-state index is -0.728. The number of hydrogen-bond donors (Lipinski definition) is 1. The molecule has 2 aromatic heterocycles. The number of benzene rings is 1. The maximum Gasteiger partial charge on any atom is 0.165 e. The van der Waals surface area contributed by atoms with E-state index in [2.05, 4.69) is 26.0 Å². The van der Waals surface area contributed by atoms with Crippen molar-refractivity contribution in [1.29, 1.82) is 0 Å². The predicted octanol–water partition coefficient (Wildman–Crippen LogP) is 3.04. The number of nitrogens with two attached hydrogens (primary N) is 1. The number of hydrogen-bond acceptors (Lipinski definition) is 3. The Balaban J connectivity index is 2.31. The van der Waals surface area contributed by atoms with Gasteiger partial charge in [-0.15, -0.1) is 5.10 Å². The molecule has 0 bridgehead atoms. The molecule has 0 unspecified atom stereocenters. The van der Waals surface area contributed by atoms with Crippen molar-refractivity contribution in [3.8, 4) is 5.69 Å². The Morgan fingerprint density at radius 3 is 2.74 bits per heavy atom. The van der Waals surface area contributed by atoms with Crippen LogP contribution in [0.1, 0.15) is 0 Å². The zero-order valence-corrected chi connectivity index (χ0v) is 11.0. The highest BCUT2D eigenvalue weighted by molar-refractivity contribution is 9.10. The first-order chi connectivity index (χ1) is 9.06. The molecule has 0 aliphatic rings. The van der Waals surface area contributed by atoms with Gasteiger partial charge in [-0.1, -0.05) is 0 Å². The summed E-state index contributed by atoms with van der Waals surface area (Å²) in [6.07, 6.45) is 1.56. The molecule has 0 aliphatic heterocycles. The van der Waals surface area contributed by atoms with E-state index in [4.69, 9.17) is 5.73 Å². The van der Waals surface area contributed by atoms with Crippen LogP contribution in [0.15, 0.2) is 34.9 Å². The van der Waals surface area contributed by atoms with E-state index in [1.54, 1.807) is 12.3 Å². The molecule has 0 aliphatic carbocycles. The second kappa shape index (κ2) is 4.27. The monoisotopic (exact) mass is 324 g/mol. The number of anilines is 1. The fourth-order valence-corrected chi connectivity index (χ4v) is 2.15. The van der Waals surface area contributed by atoms with E-state index in [1.165, 1.54) is 10.7 Å². The van der Waals surface area contributed by atoms with E-state index < -0.39 is 11.6 Å². The number of pyridine rings is 1. The van der Waals surface area contributed by atoms with Crippen LogP contribution in [0.3, 0.4) is 0 Å². The van der Waals surface area contributed by atoms with E-state index in [1.807, 2.05) is 0 Å². The molecule has 4 nitrogen and oxygen atoms in total. The zero-order valence-electron chi connectivity index (χ0n) is 9.44. The predicted molar refractivity (Wildman–Crippen MR) is 70.9 cm³/mol. The summed E-state index contributed by atoms with van der Waals surface area (Å²) in [7, 11) is 0. The summed E-state index contributed by atoms with van der Waals surface area (Å²) in [5.74, 6) is -1.15. The van der Waals surface area contributed by atoms with Gasteiger partial charge < -0.3 is 5.73 Å². The van der Waals surface area contributed by atoms with Gasteiger partial charge in [0.05, 0.1) is 5.39 Å². The van der Waals surface area contributed by atoms with Crippen LogP contribution in [0.25, 0.3) is 16.7 Å². The number of rotatable bonds is 1. The molecular formula is C12H7BrF2N4. The average molecular weight is 325 g/mol. The van der Waals surface area contributed by atoms with Crippen molar-refractivity contribution in [3.63, 3.8) is 0 Å². The number of nitrogens with zero attached hydrogens (tertiary/aromatic N) is 3. The Morgan fingerprint density at radius 1 is 1.21 bits per heavy atom. The van der Waals surface area contributed by atoms with Gasteiger partial charge in [-0.3, -0.25) is 0 Å². The maximum absolute atomic E-state index is 13.8. The number of nitrogen functional groups attached to an aromatic ring is 1. The Kier molecular flexibility index (Phi) is 2.70. The summed E-state index contributed by atoms with van der Waals surface area (Å²) < 4.78 is 28.7. The van der Waals surface area contributed by atoms with Crippen LogP contribution < -0.4 is 5.73 Å². The lowest BCUT2D eigenvalue weighted by atomic mass is 10.3. The third-order valence-electron chi connectivity index (χ3n) is 2.66. The third-order valence-corrected chi connectivity index (χ3v) is 3.09. The van der Waals surface area contributed by atoms with Crippen LogP contribution in [-0.2, 0) is 0 Å². The van der Waals surface area contributed by atoms with Crippen LogP contribution in [0.2, 0.25) is 0 Å². The topological polar surface area (TPSA) is 56.7 Å². The molecule has 0 fully saturated rings. The minimum absolute atomic E-state index is 0.0953. The van der Waals surface area contributed by atoms with Gasteiger partial charge in [0.15, 0.2) is 17.3 Å². The molecule has 0 saturated heterocycles. The van der Waals surface area contributed by atoms with Crippen LogP contribution in [0.5, 0.6) is 0 Å². The van der Waals surface area contributed by atoms with Crippen molar-refractivity contribution in [2.24, 2.45) is 0 Å². The van der Waals surface area contributed by atoms with Crippen molar-refractivity contribution in [2.75, 3.05) is 5.73 Å².